The number of nitrogens with zero attached hydrogens (tertiary/aromatic N) is 3. The molecule has 1 aliphatic rings. The van der Waals surface area contributed by atoms with Gasteiger partial charge in [-0.25, -0.2) is 4.79 Å². The van der Waals surface area contributed by atoms with Crippen LogP contribution >= 0.6 is 11.6 Å². The number of amides is 2. The van der Waals surface area contributed by atoms with Crippen LogP contribution in [0.3, 0.4) is 0 Å². The highest BCUT2D eigenvalue weighted by molar-refractivity contribution is 6.30. The van der Waals surface area contributed by atoms with Gasteiger partial charge in [0.25, 0.3) is 0 Å². The SMILES string of the molecule is CC1(C)C(c2cccc(OC(F)(F)F)c2)N(c2ccc(C#N)cc2)C(=O)N1c1ccc(Cl)cc1. The predicted molar refractivity (Wildman–Crippen MR) is 123 cm³/mol. The van der Waals surface area contributed by atoms with Crippen molar-refractivity contribution in [3.8, 4) is 11.8 Å². The molecule has 3 aromatic carbocycles. The maximum atomic E-state index is 13.8. The van der Waals surface area contributed by atoms with Crippen LogP contribution in [-0.4, -0.2) is 17.9 Å². The maximum absolute atomic E-state index is 13.8. The fourth-order valence-electron chi connectivity index (χ4n) is 4.33. The van der Waals surface area contributed by atoms with Crippen LogP contribution < -0.4 is 14.5 Å². The third-order valence-corrected chi connectivity index (χ3v) is 5.92. The van der Waals surface area contributed by atoms with Crippen molar-refractivity contribution in [1.29, 1.82) is 5.26 Å². The Morgan fingerprint density at radius 2 is 1.62 bits per heavy atom. The van der Waals surface area contributed by atoms with Crippen molar-refractivity contribution >= 4 is 29.0 Å². The highest BCUT2D eigenvalue weighted by Gasteiger charge is 2.53. The zero-order chi connectivity index (χ0) is 24.7. The average Bonchev–Trinajstić information content (AvgIpc) is 2.98. The van der Waals surface area contributed by atoms with Gasteiger partial charge in [-0.3, -0.25) is 9.80 Å². The molecule has 174 valence electrons. The lowest BCUT2D eigenvalue weighted by Crippen LogP contribution is -2.43. The zero-order valence-corrected chi connectivity index (χ0v) is 18.9. The van der Waals surface area contributed by atoms with Crippen LogP contribution in [-0.2, 0) is 0 Å². The summed E-state index contributed by atoms with van der Waals surface area (Å²) in [4.78, 5) is 16.9. The van der Waals surface area contributed by atoms with E-state index in [0.29, 0.717) is 27.5 Å². The number of hydrogen-bond acceptors (Lipinski definition) is 3. The molecule has 1 atom stereocenters. The van der Waals surface area contributed by atoms with Gasteiger partial charge in [0.05, 0.1) is 23.2 Å². The average molecular weight is 486 g/mol. The molecule has 34 heavy (non-hydrogen) atoms. The summed E-state index contributed by atoms with van der Waals surface area (Å²) < 4.78 is 42.7. The molecule has 1 unspecified atom stereocenters. The molecule has 1 fully saturated rings. The van der Waals surface area contributed by atoms with E-state index in [4.69, 9.17) is 16.9 Å². The molecule has 0 spiro atoms. The molecule has 4 rings (SSSR count). The highest BCUT2D eigenvalue weighted by atomic mass is 35.5. The van der Waals surface area contributed by atoms with Crippen molar-refractivity contribution in [3.05, 3.63) is 88.9 Å². The van der Waals surface area contributed by atoms with Gasteiger partial charge in [0.1, 0.15) is 5.75 Å². The lowest BCUT2D eigenvalue weighted by atomic mass is 9.87. The molecule has 2 amide bonds. The van der Waals surface area contributed by atoms with Gasteiger partial charge in [0, 0.05) is 16.4 Å². The summed E-state index contributed by atoms with van der Waals surface area (Å²) in [5.41, 5.74) is 1.07. The molecule has 1 aliphatic heterocycles. The summed E-state index contributed by atoms with van der Waals surface area (Å²) in [7, 11) is 0. The Kier molecular flexibility index (Phi) is 5.92. The topological polar surface area (TPSA) is 56.6 Å². The Balaban J connectivity index is 1.86. The summed E-state index contributed by atoms with van der Waals surface area (Å²) >= 11 is 6.03. The predicted octanol–water partition coefficient (Wildman–Crippen LogP) is 7.08. The first kappa shape index (κ1) is 23.5. The summed E-state index contributed by atoms with van der Waals surface area (Å²) in [5.74, 6) is -0.377. The minimum atomic E-state index is -4.85. The van der Waals surface area contributed by atoms with Crippen LogP contribution in [0.15, 0.2) is 72.8 Å². The van der Waals surface area contributed by atoms with Gasteiger partial charge in [-0.05, 0) is 80.1 Å². The van der Waals surface area contributed by atoms with E-state index < -0.39 is 17.9 Å². The van der Waals surface area contributed by atoms with Gasteiger partial charge < -0.3 is 4.74 Å². The number of hydrogen-bond donors (Lipinski definition) is 0. The number of benzene rings is 3. The number of carbonyl (C=O) groups excluding carboxylic acids is 1. The van der Waals surface area contributed by atoms with E-state index in [1.165, 1.54) is 23.1 Å². The van der Waals surface area contributed by atoms with Crippen LogP contribution in [0.1, 0.15) is 31.0 Å². The third kappa shape index (κ3) is 4.39. The van der Waals surface area contributed by atoms with Crippen molar-refractivity contribution in [3.63, 3.8) is 0 Å². The van der Waals surface area contributed by atoms with Gasteiger partial charge in [0.15, 0.2) is 0 Å². The number of halogens is 4. The van der Waals surface area contributed by atoms with Gasteiger partial charge in [-0.2, -0.15) is 5.26 Å². The number of anilines is 2. The Morgan fingerprint density at radius 3 is 2.21 bits per heavy atom. The summed E-state index contributed by atoms with van der Waals surface area (Å²) in [6, 6.07) is 19.8. The molecule has 0 radical (unpaired) electrons. The number of ether oxygens (including phenoxy) is 1. The van der Waals surface area contributed by atoms with Crippen LogP contribution in [0, 0.1) is 11.3 Å². The first-order chi connectivity index (χ1) is 16.0. The molecule has 0 aliphatic carbocycles. The molecule has 0 saturated carbocycles. The fraction of sp³-hybridized carbons (Fsp3) is 0.200. The molecule has 0 bridgehead atoms. The number of nitriles is 1. The molecule has 9 heteroatoms. The molecule has 0 aromatic heterocycles. The van der Waals surface area contributed by atoms with Crippen LogP contribution in [0.25, 0.3) is 0 Å². The van der Waals surface area contributed by atoms with Crippen LogP contribution in [0.2, 0.25) is 5.02 Å². The van der Waals surface area contributed by atoms with Crippen molar-refractivity contribution < 1.29 is 22.7 Å². The van der Waals surface area contributed by atoms with E-state index >= 15 is 0 Å². The summed E-state index contributed by atoms with van der Waals surface area (Å²) in [6.45, 7) is 3.68. The lowest BCUT2D eigenvalue weighted by molar-refractivity contribution is -0.274. The van der Waals surface area contributed by atoms with Crippen LogP contribution in [0.4, 0.5) is 29.3 Å². The number of carbonyl (C=O) groups is 1. The Labute approximate surface area is 199 Å². The quantitative estimate of drug-likeness (QED) is 0.397. The van der Waals surface area contributed by atoms with E-state index in [1.54, 1.807) is 59.5 Å². The molecule has 3 aromatic rings. The van der Waals surface area contributed by atoms with Gasteiger partial charge in [-0.1, -0.05) is 23.7 Å². The van der Waals surface area contributed by atoms with Crippen molar-refractivity contribution in [1.82, 2.24) is 0 Å². The molecule has 0 N–H and O–H groups in total. The van der Waals surface area contributed by atoms with Crippen molar-refractivity contribution in [2.75, 3.05) is 9.80 Å². The van der Waals surface area contributed by atoms with Crippen molar-refractivity contribution in [2.45, 2.75) is 31.8 Å². The standard InChI is InChI=1S/C25H19ClF3N3O2/c1-24(2)22(17-4-3-5-21(14-17)34-25(27,28)29)31(19-10-6-16(15-30)7-11-19)23(33)32(24)20-12-8-18(26)9-13-20/h3-14,22H,1-2H3. The Hall–Kier alpha value is -3.70. The molecule has 5 nitrogen and oxygen atoms in total. The van der Waals surface area contributed by atoms with E-state index in [1.807, 2.05) is 19.9 Å². The second-order valence-corrected chi connectivity index (χ2v) is 8.74. The summed E-state index contributed by atoms with van der Waals surface area (Å²) in [5, 5.41) is 9.65. The fourth-order valence-corrected chi connectivity index (χ4v) is 4.46. The second kappa shape index (κ2) is 8.58. The van der Waals surface area contributed by atoms with Gasteiger partial charge in [-0.15, -0.1) is 13.2 Å². The van der Waals surface area contributed by atoms with Crippen LogP contribution in [0.5, 0.6) is 5.75 Å². The molecule has 1 heterocycles. The smallest absolute Gasteiger partial charge is 0.406 e. The second-order valence-electron chi connectivity index (χ2n) is 8.30. The first-order valence-corrected chi connectivity index (χ1v) is 10.6. The Bertz CT molecular complexity index is 1250. The van der Waals surface area contributed by atoms with E-state index in [2.05, 4.69) is 4.74 Å². The van der Waals surface area contributed by atoms with Gasteiger partial charge in [0.2, 0.25) is 0 Å². The maximum Gasteiger partial charge on any atom is 0.573 e. The molecular weight excluding hydrogens is 467 g/mol. The normalized spacial score (nSPS) is 17.6. The molecular formula is C25H19ClF3N3O2. The summed E-state index contributed by atoms with van der Waals surface area (Å²) in [6.07, 6.45) is -4.85. The van der Waals surface area contributed by atoms with E-state index in [0.717, 1.165) is 0 Å². The lowest BCUT2D eigenvalue weighted by Gasteiger charge is -2.35. The number of urea groups is 1. The van der Waals surface area contributed by atoms with E-state index in [9.17, 15) is 18.0 Å². The number of alkyl halides is 3. The highest BCUT2D eigenvalue weighted by Crippen LogP contribution is 2.48. The minimum Gasteiger partial charge on any atom is -0.406 e. The first-order valence-electron chi connectivity index (χ1n) is 10.3. The third-order valence-electron chi connectivity index (χ3n) is 5.67. The monoisotopic (exact) mass is 485 g/mol. The number of rotatable bonds is 4. The van der Waals surface area contributed by atoms with Crippen molar-refractivity contribution in [2.24, 2.45) is 0 Å². The minimum absolute atomic E-state index is 0.371. The zero-order valence-electron chi connectivity index (χ0n) is 18.2. The van der Waals surface area contributed by atoms with Gasteiger partial charge >= 0.3 is 12.4 Å². The Morgan fingerprint density at radius 1 is 1.00 bits per heavy atom. The van der Waals surface area contributed by atoms with E-state index in [-0.39, 0.29) is 11.8 Å². The molecule has 1 saturated heterocycles. The largest absolute Gasteiger partial charge is 0.573 e.